The topological polar surface area (TPSA) is 26.3 Å². The van der Waals surface area contributed by atoms with E-state index in [2.05, 4.69) is 4.74 Å². The van der Waals surface area contributed by atoms with Gasteiger partial charge in [-0.1, -0.05) is 6.92 Å². The van der Waals surface area contributed by atoms with Crippen LogP contribution in [-0.4, -0.2) is 47.9 Å². The van der Waals surface area contributed by atoms with Crippen LogP contribution in [0.3, 0.4) is 0 Å². The summed E-state index contributed by atoms with van der Waals surface area (Å²) in [4.78, 5) is 11.3. The minimum atomic E-state index is -7.95. The minimum Gasteiger partial charge on any atom is -0.463 e. The number of esters is 1. The predicted molar refractivity (Wildman–Crippen MR) is 65.8 cm³/mol. The second-order valence-electron chi connectivity index (χ2n) is 6.09. The molecule has 0 spiro atoms. The molecular formula is C13H13F13O2. The van der Waals surface area contributed by atoms with Gasteiger partial charge in [-0.2, -0.15) is 57.1 Å². The van der Waals surface area contributed by atoms with Crippen LogP contribution in [-0.2, 0) is 9.53 Å². The fraction of sp³-hybridized carbons (Fsp3) is 0.923. The van der Waals surface area contributed by atoms with E-state index in [0.717, 1.165) is 0 Å². The number of rotatable bonds is 8. The summed E-state index contributed by atoms with van der Waals surface area (Å²) < 4.78 is 172. The van der Waals surface area contributed by atoms with Crippen molar-refractivity contribution in [2.45, 2.75) is 69.1 Å². The van der Waals surface area contributed by atoms with Crippen LogP contribution in [0.15, 0.2) is 0 Å². The first-order chi connectivity index (χ1) is 12.0. The quantitative estimate of drug-likeness (QED) is 0.352. The lowest BCUT2D eigenvalue weighted by Gasteiger charge is -2.40. The highest BCUT2D eigenvalue weighted by Gasteiger charge is 2.90. The third-order valence-corrected chi connectivity index (χ3v) is 3.32. The highest BCUT2D eigenvalue weighted by atomic mass is 19.4. The maximum Gasteiger partial charge on any atom is 0.460 e. The summed E-state index contributed by atoms with van der Waals surface area (Å²) in [7, 11) is 0. The zero-order valence-electron chi connectivity index (χ0n) is 14.1. The van der Waals surface area contributed by atoms with E-state index in [9.17, 15) is 61.9 Å². The van der Waals surface area contributed by atoms with E-state index in [1.807, 2.05) is 0 Å². The molecule has 0 bridgehead atoms. The van der Waals surface area contributed by atoms with Crippen LogP contribution in [0.25, 0.3) is 0 Å². The van der Waals surface area contributed by atoms with Crippen molar-refractivity contribution in [1.29, 1.82) is 0 Å². The Hall–Kier alpha value is -1.44. The van der Waals surface area contributed by atoms with Crippen molar-refractivity contribution in [3.8, 4) is 0 Å². The second-order valence-corrected chi connectivity index (χ2v) is 6.09. The van der Waals surface area contributed by atoms with Gasteiger partial charge < -0.3 is 4.74 Å². The Kier molecular flexibility index (Phi) is 7.05. The summed E-state index contributed by atoms with van der Waals surface area (Å²) in [5.41, 5.74) is 0. The molecule has 0 saturated heterocycles. The molecule has 1 atom stereocenters. The molecule has 15 heteroatoms. The lowest BCUT2D eigenvalue weighted by Crippen LogP contribution is -2.70. The summed E-state index contributed by atoms with van der Waals surface area (Å²) in [6, 6.07) is 0. The number of ether oxygens (including phenoxy) is 1. The van der Waals surface area contributed by atoms with E-state index in [1.165, 1.54) is 13.8 Å². The summed E-state index contributed by atoms with van der Waals surface area (Å²) in [5.74, 6) is -41.2. The van der Waals surface area contributed by atoms with Crippen LogP contribution in [0.1, 0.15) is 27.2 Å². The van der Waals surface area contributed by atoms with E-state index in [1.54, 1.807) is 0 Å². The molecule has 0 aliphatic heterocycles. The largest absolute Gasteiger partial charge is 0.463 e. The van der Waals surface area contributed by atoms with Gasteiger partial charge in [0.2, 0.25) is 0 Å². The molecule has 28 heavy (non-hydrogen) atoms. The minimum absolute atomic E-state index is 0.440. The molecule has 0 fully saturated rings. The molecule has 0 radical (unpaired) electrons. The Morgan fingerprint density at radius 2 is 1.04 bits per heavy atom. The molecule has 0 saturated carbocycles. The van der Waals surface area contributed by atoms with Gasteiger partial charge in [0, 0.05) is 6.42 Å². The highest BCUT2D eigenvalue weighted by Crippen LogP contribution is 2.60. The maximum atomic E-state index is 13.6. The first kappa shape index (κ1) is 26.6. The standard InChI is InChI=1S/C13H13F13O2/c1-5(2)28-7(27)6(3)4-8(14,15)9(16,17)10(18,19)11(20,21)12(22,23)13(24,25)26/h5-6H,4H2,1-3H3. The predicted octanol–water partition coefficient (Wildman–Crippen LogP) is 5.70. The maximum absolute atomic E-state index is 13.6. The number of carbonyl (C=O) groups excluding carboxylic acids is 1. The van der Waals surface area contributed by atoms with Crippen LogP contribution < -0.4 is 0 Å². The normalized spacial score (nSPS) is 16.3. The van der Waals surface area contributed by atoms with Gasteiger partial charge >= 0.3 is 41.8 Å². The second kappa shape index (κ2) is 7.43. The summed E-state index contributed by atoms with van der Waals surface area (Å²) >= 11 is 0. The molecule has 0 rings (SSSR count). The van der Waals surface area contributed by atoms with Crippen LogP contribution in [0.4, 0.5) is 57.1 Å². The third-order valence-electron chi connectivity index (χ3n) is 3.32. The molecule has 0 aromatic carbocycles. The number of halogens is 13. The van der Waals surface area contributed by atoms with E-state index in [-0.39, 0.29) is 0 Å². The van der Waals surface area contributed by atoms with Gasteiger partial charge in [0.1, 0.15) is 0 Å². The van der Waals surface area contributed by atoms with Crippen molar-refractivity contribution >= 4 is 5.97 Å². The molecule has 0 amide bonds. The SMILES string of the molecule is CC(C)OC(=O)C(C)CC(F)(F)C(F)(F)C(F)(F)C(F)(F)C(F)(F)C(F)(F)F. The summed E-state index contributed by atoms with van der Waals surface area (Å²) in [6.07, 6.45) is -11.0. The van der Waals surface area contributed by atoms with Gasteiger partial charge in [0.25, 0.3) is 0 Å². The van der Waals surface area contributed by atoms with Crippen LogP contribution in [0, 0.1) is 5.92 Å². The fourth-order valence-electron chi connectivity index (χ4n) is 1.75. The van der Waals surface area contributed by atoms with Crippen molar-refractivity contribution < 1.29 is 66.6 Å². The van der Waals surface area contributed by atoms with E-state index >= 15 is 0 Å². The molecule has 0 N–H and O–H groups in total. The molecule has 0 heterocycles. The van der Waals surface area contributed by atoms with E-state index in [4.69, 9.17) is 0 Å². The van der Waals surface area contributed by atoms with Gasteiger partial charge in [0.05, 0.1) is 12.0 Å². The van der Waals surface area contributed by atoms with Crippen molar-refractivity contribution in [3.05, 3.63) is 0 Å². The Labute approximate surface area is 149 Å². The van der Waals surface area contributed by atoms with Gasteiger partial charge in [-0.05, 0) is 13.8 Å². The van der Waals surface area contributed by atoms with Crippen LogP contribution in [0.2, 0.25) is 0 Å². The molecule has 0 aromatic heterocycles. The average molecular weight is 448 g/mol. The Morgan fingerprint density at radius 3 is 1.36 bits per heavy atom. The van der Waals surface area contributed by atoms with Gasteiger partial charge in [-0.25, -0.2) is 0 Å². The molecular weight excluding hydrogens is 435 g/mol. The molecule has 1 unspecified atom stereocenters. The van der Waals surface area contributed by atoms with E-state index in [0.29, 0.717) is 6.92 Å². The molecule has 0 aromatic rings. The third kappa shape index (κ3) is 4.26. The zero-order chi connectivity index (χ0) is 23.1. The number of hydrogen-bond donors (Lipinski definition) is 0. The van der Waals surface area contributed by atoms with Gasteiger partial charge in [-0.15, -0.1) is 0 Å². The average Bonchev–Trinajstić information content (AvgIpc) is 2.43. The van der Waals surface area contributed by atoms with Gasteiger partial charge in [0.15, 0.2) is 0 Å². The van der Waals surface area contributed by atoms with Crippen LogP contribution >= 0.6 is 0 Å². The number of hydrogen-bond acceptors (Lipinski definition) is 2. The fourth-order valence-corrected chi connectivity index (χ4v) is 1.75. The smallest absolute Gasteiger partial charge is 0.460 e. The highest BCUT2D eigenvalue weighted by molar-refractivity contribution is 5.72. The molecule has 0 aliphatic rings. The summed E-state index contributed by atoms with van der Waals surface area (Å²) in [6.45, 7) is 2.78. The van der Waals surface area contributed by atoms with Crippen molar-refractivity contribution in [2.24, 2.45) is 5.92 Å². The first-order valence-corrected chi connectivity index (χ1v) is 7.13. The number of carbonyl (C=O) groups is 1. The number of alkyl halides is 13. The Morgan fingerprint density at radius 1 is 0.679 bits per heavy atom. The Bertz CT molecular complexity index is 565. The zero-order valence-corrected chi connectivity index (χ0v) is 14.1. The first-order valence-electron chi connectivity index (χ1n) is 7.13. The lowest BCUT2D eigenvalue weighted by molar-refractivity contribution is -0.440. The van der Waals surface area contributed by atoms with Crippen molar-refractivity contribution in [2.75, 3.05) is 0 Å². The van der Waals surface area contributed by atoms with E-state index < -0.39 is 60.2 Å². The lowest BCUT2D eigenvalue weighted by atomic mass is 9.89. The molecule has 168 valence electrons. The monoisotopic (exact) mass is 448 g/mol. The molecule has 2 nitrogen and oxygen atoms in total. The molecule has 0 aliphatic carbocycles. The van der Waals surface area contributed by atoms with Crippen LogP contribution in [0.5, 0.6) is 0 Å². The van der Waals surface area contributed by atoms with Crippen molar-refractivity contribution in [1.82, 2.24) is 0 Å². The van der Waals surface area contributed by atoms with Gasteiger partial charge in [-0.3, -0.25) is 4.79 Å². The Balaban J connectivity index is 6.02. The summed E-state index contributed by atoms with van der Waals surface area (Å²) in [5, 5.41) is 0. The van der Waals surface area contributed by atoms with Crippen molar-refractivity contribution in [3.63, 3.8) is 0 Å².